The number of hydrogen-bond acceptors (Lipinski definition) is 2. The van der Waals surface area contributed by atoms with Crippen molar-refractivity contribution < 1.29 is 4.79 Å². The molecule has 0 spiro atoms. The molecule has 0 unspecified atom stereocenters. The van der Waals surface area contributed by atoms with Gasteiger partial charge in [-0.2, -0.15) is 0 Å². The number of amides is 1. The van der Waals surface area contributed by atoms with E-state index in [1.165, 1.54) is 51.6 Å². The molecule has 0 aromatic rings. The highest BCUT2D eigenvalue weighted by molar-refractivity contribution is 5.85. The minimum atomic E-state index is 0. The van der Waals surface area contributed by atoms with E-state index in [0.29, 0.717) is 5.91 Å². The molecule has 2 aliphatic rings. The highest BCUT2D eigenvalue weighted by atomic mass is 35.5. The third-order valence-electron chi connectivity index (χ3n) is 3.80. The van der Waals surface area contributed by atoms with Crippen LogP contribution in [0, 0.1) is 0 Å². The van der Waals surface area contributed by atoms with E-state index >= 15 is 0 Å². The Kier molecular flexibility index (Phi) is 6.90. The molecule has 4 heteroatoms. The Morgan fingerprint density at radius 2 is 1.35 bits per heavy atom. The summed E-state index contributed by atoms with van der Waals surface area (Å²) in [5.74, 6) is 0.380. The first-order chi connectivity index (χ1) is 7.86. The molecule has 0 bridgehead atoms. The van der Waals surface area contributed by atoms with E-state index in [0.717, 1.165) is 26.1 Å². The lowest BCUT2D eigenvalue weighted by Gasteiger charge is -2.29. The molecule has 0 saturated carbocycles. The van der Waals surface area contributed by atoms with Crippen molar-refractivity contribution >= 4 is 18.3 Å². The predicted molar refractivity (Wildman–Crippen MR) is 72.6 cm³/mol. The van der Waals surface area contributed by atoms with Crippen molar-refractivity contribution in [2.24, 2.45) is 0 Å². The molecule has 2 saturated heterocycles. The second-order valence-electron chi connectivity index (χ2n) is 5.09. The fraction of sp³-hybridized carbons (Fsp3) is 0.923. The molecule has 0 aromatic carbocycles. The second kappa shape index (κ2) is 7.93. The van der Waals surface area contributed by atoms with E-state index in [1.807, 2.05) is 0 Å². The van der Waals surface area contributed by atoms with Crippen LogP contribution >= 0.6 is 12.4 Å². The molecule has 2 fully saturated rings. The molecule has 0 N–H and O–H groups in total. The molecule has 3 nitrogen and oxygen atoms in total. The monoisotopic (exact) mass is 260 g/mol. The fourth-order valence-electron chi connectivity index (χ4n) is 2.74. The smallest absolute Gasteiger partial charge is 0.223 e. The number of halogens is 1. The zero-order valence-corrected chi connectivity index (χ0v) is 11.5. The first kappa shape index (κ1) is 14.8. The van der Waals surface area contributed by atoms with Crippen LogP contribution in [-0.4, -0.2) is 48.4 Å². The summed E-state index contributed by atoms with van der Waals surface area (Å²) in [4.78, 5) is 16.5. The Hall–Kier alpha value is -0.280. The van der Waals surface area contributed by atoms with E-state index in [4.69, 9.17) is 0 Å². The van der Waals surface area contributed by atoms with Crippen LogP contribution in [0.1, 0.15) is 44.9 Å². The molecule has 0 aromatic heterocycles. The van der Waals surface area contributed by atoms with Gasteiger partial charge in [-0.05, 0) is 45.2 Å². The van der Waals surface area contributed by atoms with Crippen molar-refractivity contribution in [3.63, 3.8) is 0 Å². The first-order valence-electron chi connectivity index (χ1n) is 6.86. The summed E-state index contributed by atoms with van der Waals surface area (Å²) >= 11 is 0. The zero-order valence-electron chi connectivity index (χ0n) is 10.7. The van der Waals surface area contributed by atoms with Crippen LogP contribution in [0.25, 0.3) is 0 Å². The van der Waals surface area contributed by atoms with Crippen LogP contribution in [0.5, 0.6) is 0 Å². The van der Waals surface area contributed by atoms with Crippen LogP contribution in [-0.2, 0) is 4.79 Å². The Balaban J connectivity index is 0.00000144. The van der Waals surface area contributed by atoms with E-state index in [-0.39, 0.29) is 12.4 Å². The topological polar surface area (TPSA) is 23.6 Å². The third kappa shape index (κ3) is 4.84. The van der Waals surface area contributed by atoms with E-state index < -0.39 is 0 Å². The molecule has 0 aliphatic carbocycles. The van der Waals surface area contributed by atoms with Crippen LogP contribution in [0.3, 0.4) is 0 Å². The summed E-state index contributed by atoms with van der Waals surface area (Å²) in [6.45, 7) is 5.38. The van der Waals surface area contributed by atoms with E-state index in [9.17, 15) is 4.79 Å². The van der Waals surface area contributed by atoms with Gasteiger partial charge in [0, 0.05) is 26.1 Å². The number of carbonyl (C=O) groups excluding carboxylic acids is 1. The number of nitrogens with zero attached hydrogens (tertiary/aromatic N) is 2. The summed E-state index contributed by atoms with van der Waals surface area (Å²) in [7, 11) is 0. The summed E-state index contributed by atoms with van der Waals surface area (Å²) in [6, 6.07) is 0. The Morgan fingerprint density at radius 3 is 1.94 bits per heavy atom. The first-order valence-corrected chi connectivity index (χ1v) is 6.86. The van der Waals surface area contributed by atoms with Gasteiger partial charge in [-0.3, -0.25) is 4.79 Å². The zero-order chi connectivity index (χ0) is 11.2. The van der Waals surface area contributed by atoms with Crippen LogP contribution in [0.2, 0.25) is 0 Å². The molecule has 17 heavy (non-hydrogen) atoms. The number of carbonyl (C=O) groups is 1. The number of piperidine rings is 2. The van der Waals surface area contributed by atoms with Gasteiger partial charge in [0.15, 0.2) is 0 Å². The molecule has 100 valence electrons. The average Bonchev–Trinajstić information content (AvgIpc) is 2.38. The maximum atomic E-state index is 11.9. The summed E-state index contributed by atoms with van der Waals surface area (Å²) < 4.78 is 0. The number of likely N-dealkylation sites (tertiary alicyclic amines) is 2. The van der Waals surface area contributed by atoms with Gasteiger partial charge in [-0.1, -0.05) is 6.42 Å². The van der Waals surface area contributed by atoms with Gasteiger partial charge in [-0.25, -0.2) is 0 Å². The number of rotatable bonds is 3. The number of hydrogen-bond donors (Lipinski definition) is 0. The normalized spacial score (nSPS) is 22.0. The minimum absolute atomic E-state index is 0. The molecule has 2 rings (SSSR count). The van der Waals surface area contributed by atoms with Crippen molar-refractivity contribution in [3.8, 4) is 0 Å². The lowest BCUT2D eigenvalue weighted by Crippen LogP contribution is -2.38. The molecular formula is C13H25ClN2O. The van der Waals surface area contributed by atoms with Crippen LogP contribution in [0.4, 0.5) is 0 Å². The molecule has 1 amide bonds. The van der Waals surface area contributed by atoms with E-state index in [1.54, 1.807) is 0 Å². The van der Waals surface area contributed by atoms with Gasteiger partial charge in [0.2, 0.25) is 5.91 Å². The lowest BCUT2D eigenvalue weighted by molar-refractivity contribution is -0.132. The maximum Gasteiger partial charge on any atom is 0.223 e. The standard InChI is InChI=1S/C13H24N2O.ClH/c16-13(15-10-5-2-6-11-15)7-12-14-8-3-1-4-9-14;/h1-12H2;1H. The van der Waals surface area contributed by atoms with Crippen LogP contribution < -0.4 is 0 Å². The minimum Gasteiger partial charge on any atom is -0.343 e. The lowest BCUT2D eigenvalue weighted by atomic mass is 10.1. The van der Waals surface area contributed by atoms with E-state index in [2.05, 4.69) is 9.80 Å². The summed E-state index contributed by atoms with van der Waals surface area (Å²) in [5, 5.41) is 0. The van der Waals surface area contributed by atoms with Gasteiger partial charge < -0.3 is 9.80 Å². The molecule has 0 atom stereocenters. The van der Waals surface area contributed by atoms with Crippen LogP contribution in [0.15, 0.2) is 0 Å². The Bertz CT molecular complexity index is 223. The van der Waals surface area contributed by atoms with Crippen molar-refractivity contribution in [3.05, 3.63) is 0 Å². The van der Waals surface area contributed by atoms with Crippen molar-refractivity contribution in [1.82, 2.24) is 9.80 Å². The summed E-state index contributed by atoms with van der Waals surface area (Å²) in [6.07, 6.45) is 8.45. The van der Waals surface area contributed by atoms with Gasteiger partial charge in [0.25, 0.3) is 0 Å². The molecule has 0 radical (unpaired) electrons. The van der Waals surface area contributed by atoms with Gasteiger partial charge in [0.05, 0.1) is 0 Å². The SMILES string of the molecule is Cl.O=C(CCN1CCCCC1)N1CCCCC1. The third-order valence-corrected chi connectivity index (χ3v) is 3.80. The van der Waals surface area contributed by atoms with Gasteiger partial charge >= 0.3 is 0 Å². The Labute approximate surface area is 111 Å². The summed E-state index contributed by atoms with van der Waals surface area (Å²) in [5.41, 5.74) is 0. The Morgan fingerprint density at radius 1 is 0.824 bits per heavy atom. The quantitative estimate of drug-likeness (QED) is 0.778. The maximum absolute atomic E-state index is 11.9. The highest BCUT2D eigenvalue weighted by Crippen LogP contribution is 2.12. The average molecular weight is 261 g/mol. The van der Waals surface area contributed by atoms with Gasteiger partial charge in [-0.15, -0.1) is 12.4 Å². The fourth-order valence-corrected chi connectivity index (χ4v) is 2.74. The largest absolute Gasteiger partial charge is 0.343 e. The molecule has 2 aliphatic heterocycles. The molecule has 2 heterocycles. The predicted octanol–water partition coefficient (Wildman–Crippen LogP) is 2.30. The molecular weight excluding hydrogens is 236 g/mol. The van der Waals surface area contributed by atoms with Crippen molar-refractivity contribution in [2.45, 2.75) is 44.9 Å². The second-order valence-corrected chi connectivity index (χ2v) is 5.09. The van der Waals surface area contributed by atoms with Gasteiger partial charge in [0.1, 0.15) is 0 Å². The highest BCUT2D eigenvalue weighted by Gasteiger charge is 2.17. The van der Waals surface area contributed by atoms with Crippen molar-refractivity contribution in [2.75, 3.05) is 32.7 Å². The van der Waals surface area contributed by atoms with Crippen molar-refractivity contribution in [1.29, 1.82) is 0 Å².